The van der Waals surface area contributed by atoms with Crippen molar-refractivity contribution < 1.29 is 5.11 Å². The summed E-state index contributed by atoms with van der Waals surface area (Å²) in [7, 11) is 0. The van der Waals surface area contributed by atoms with Crippen molar-refractivity contribution in [3.05, 3.63) is 205 Å². The normalized spacial score (nSPS) is 11.8. The highest BCUT2D eigenvalue weighted by Gasteiger charge is 2.24. The Morgan fingerprint density at radius 2 is 1.08 bits per heavy atom. The quantitative estimate of drug-likeness (QED) is 0.173. The molecule has 0 fully saturated rings. The molecular formula is C61H50N4O. The molecule has 0 aliphatic carbocycles. The number of nitrogens with zero attached hydrogens (tertiary/aromatic N) is 4. The van der Waals surface area contributed by atoms with E-state index in [0.29, 0.717) is 22.5 Å². The summed E-state index contributed by atoms with van der Waals surface area (Å²) in [4.78, 5) is 10.4. The fourth-order valence-electron chi connectivity index (χ4n) is 9.14. The number of benzene rings is 7. The zero-order valence-corrected chi connectivity index (χ0v) is 38.1. The van der Waals surface area contributed by atoms with Crippen LogP contribution in [0.15, 0.2) is 188 Å². The standard InChI is InChI=1S/C61H50N4O/c1-60(2,3)44-31-42(32-45(37-44)61(4,5)6)43-35-55(52-22-13-15-26-58(52)66)64-56(36-43)53-33-40(27-28-49(53)47-20-11-10-17-41(47)38-62)54-34-39(29-30-63-54)48-23-16-24-51-50-21-12-14-25-57(50)65(59(48)51)46-18-8-7-9-19-46/h7-37,66H,1-6H3. The molecule has 0 aliphatic rings. The molecule has 0 atom stereocenters. The average molecular weight is 855 g/mol. The Morgan fingerprint density at radius 3 is 1.80 bits per heavy atom. The fourth-order valence-corrected chi connectivity index (χ4v) is 9.14. The van der Waals surface area contributed by atoms with Gasteiger partial charge in [0.05, 0.1) is 39.7 Å². The lowest BCUT2D eigenvalue weighted by atomic mass is 9.79. The summed E-state index contributed by atoms with van der Waals surface area (Å²) in [5, 5.41) is 24.1. The van der Waals surface area contributed by atoms with Gasteiger partial charge in [-0.05, 0) is 111 Å². The topological polar surface area (TPSA) is 74.7 Å². The first-order chi connectivity index (χ1) is 31.9. The number of aromatic nitrogens is 3. The highest BCUT2D eigenvalue weighted by atomic mass is 16.3. The number of aromatic hydroxyl groups is 1. The minimum atomic E-state index is -0.0971. The van der Waals surface area contributed by atoms with Crippen LogP contribution in [0.25, 0.3) is 94.6 Å². The van der Waals surface area contributed by atoms with Crippen molar-refractivity contribution in [1.82, 2.24) is 14.5 Å². The molecule has 1 N–H and O–H groups in total. The van der Waals surface area contributed by atoms with Crippen LogP contribution < -0.4 is 0 Å². The van der Waals surface area contributed by atoms with E-state index < -0.39 is 0 Å². The van der Waals surface area contributed by atoms with Gasteiger partial charge in [-0.25, -0.2) is 4.98 Å². The molecule has 0 unspecified atom stereocenters. The number of hydrogen-bond acceptors (Lipinski definition) is 4. The van der Waals surface area contributed by atoms with Crippen LogP contribution in [0.3, 0.4) is 0 Å². The molecule has 0 aliphatic heterocycles. The summed E-state index contributed by atoms with van der Waals surface area (Å²) < 4.78 is 2.36. The maximum absolute atomic E-state index is 11.3. The van der Waals surface area contributed by atoms with Crippen LogP contribution in [-0.4, -0.2) is 19.6 Å². The number of pyridine rings is 2. The van der Waals surface area contributed by atoms with Crippen molar-refractivity contribution in [1.29, 1.82) is 5.26 Å². The molecular weight excluding hydrogens is 805 g/mol. The summed E-state index contributed by atoms with van der Waals surface area (Å²) in [5.74, 6) is 0.151. The third-order valence-electron chi connectivity index (χ3n) is 12.7. The van der Waals surface area contributed by atoms with Crippen LogP contribution >= 0.6 is 0 Å². The third-order valence-corrected chi connectivity index (χ3v) is 12.7. The van der Waals surface area contributed by atoms with E-state index in [-0.39, 0.29) is 16.6 Å². The van der Waals surface area contributed by atoms with E-state index in [1.807, 2.05) is 48.7 Å². The van der Waals surface area contributed by atoms with E-state index in [0.717, 1.165) is 66.9 Å². The van der Waals surface area contributed by atoms with Crippen LogP contribution in [0.1, 0.15) is 58.2 Å². The second kappa shape index (κ2) is 16.5. The van der Waals surface area contributed by atoms with Crippen LogP contribution in [0.5, 0.6) is 5.75 Å². The molecule has 0 spiro atoms. The van der Waals surface area contributed by atoms with E-state index in [1.54, 1.807) is 6.07 Å². The third kappa shape index (κ3) is 7.71. The Labute approximate surface area is 387 Å². The van der Waals surface area contributed by atoms with Gasteiger partial charge in [-0.15, -0.1) is 0 Å². The van der Waals surface area contributed by atoms with Crippen molar-refractivity contribution in [3.8, 4) is 84.7 Å². The Bertz CT molecular complexity index is 3490. The van der Waals surface area contributed by atoms with E-state index in [2.05, 4.69) is 186 Å². The highest BCUT2D eigenvalue weighted by molar-refractivity contribution is 6.14. The molecule has 5 nitrogen and oxygen atoms in total. The van der Waals surface area contributed by atoms with Gasteiger partial charge in [-0.3, -0.25) is 4.98 Å². The first-order valence-corrected chi connectivity index (χ1v) is 22.5. The van der Waals surface area contributed by atoms with Gasteiger partial charge in [0.15, 0.2) is 0 Å². The van der Waals surface area contributed by atoms with Crippen molar-refractivity contribution in [3.63, 3.8) is 0 Å². The summed E-state index contributed by atoms with van der Waals surface area (Å²) >= 11 is 0. The van der Waals surface area contributed by atoms with E-state index in [9.17, 15) is 10.4 Å². The first kappa shape index (κ1) is 41.9. The smallest absolute Gasteiger partial charge is 0.124 e. The van der Waals surface area contributed by atoms with Crippen LogP contribution in [0.2, 0.25) is 0 Å². The molecule has 10 aromatic rings. The Balaban J connectivity index is 1.21. The molecule has 0 bridgehead atoms. The molecule has 3 aromatic heterocycles. The lowest BCUT2D eigenvalue weighted by Crippen LogP contribution is -2.16. The predicted molar refractivity (Wildman–Crippen MR) is 273 cm³/mol. The highest BCUT2D eigenvalue weighted by Crippen LogP contribution is 2.43. The molecule has 66 heavy (non-hydrogen) atoms. The zero-order valence-electron chi connectivity index (χ0n) is 38.1. The molecule has 7 aromatic carbocycles. The number of rotatable bonds is 7. The van der Waals surface area contributed by atoms with Crippen molar-refractivity contribution in [2.24, 2.45) is 0 Å². The Hall–Kier alpha value is -8.07. The number of nitriles is 1. The molecule has 320 valence electrons. The minimum Gasteiger partial charge on any atom is -0.507 e. The van der Waals surface area contributed by atoms with Crippen molar-refractivity contribution in [2.45, 2.75) is 52.4 Å². The van der Waals surface area contributed by atoms with Gasteiger partial charge in [-0.2, -0.15) is 5.26 Å². The lowest BCUT2D eigenvalue weighted by Gasteiger charge is -2.26. The second-order valence-corrected chi connectivity index (χ2v) is 19.2. The molecule has 0 saturated carbocycles. The maximum atomic E-state index is 11.3. The number of fused-ring (bicyclic) bond motifs is 3. The van der Waals surface area contributed by atoms with Crippen LogP contribution in [0, 0.1) is 11.3 Å². The van der Waals surface area contributed by atoms with Gasteiger partial charge in [-0.1, -0.05) is 157 Å². The largest absolute Gasteiger partial charge is 0.507 e. The van der Waals surface area contributed by atoms with Gasteiger partial charge in [0, 0.05) is 50.5 Å². The minimum absolute atomic E-state index is 0.0971. The van der Waals surface area contributed by atoms with E-state index in [1.165, 1.54) is 21.9 Å². The van der Waals surface area contributed by atoms with Crippen molar-refractivity contribution >= 4 is 21.8 Å². The Kier molecular flexibility index (Phi) is 10.5. The van der Waals surface area contributed by atoms with Crippen molar-refractivity contribution in [2.75, 3.05) is 0 Å². The second-order valence-electron chi connectivity index (χ2n) is 19.2. The molecule has 0 saturated heterocycles. The van der Waals surface area contributed by atoms with Gasteiger partial charge in [0.25, 0.3) is 0 Å². The van der Waals surface area contributed by atoms with Gasteiger partial charge in [0.1, 0.15) is 5.75 Å². The summed E-state index contributed by atoms with van der Waals surface area (Å²) in [6, 6.07) is 65.0. The number of phenols is 1. The predicted octanol–water partition coefficient (Wildman–Crippen LogP) is 15.7. The first-order valence-electron chi connectivity index (χ1n) is 22.5. The molecule has 0 radical (unpaired) electrons. The SMILES string of the molecule is CC(C)(C)c1cc(-c2cc(-c3ccccc3O)nc(-c3cc(-c4cc(-c5cccc6c7ccccc7n(-c7ccccc7)c56)ccn4)ccc3-c3ccccc3C#N)c2)cc(C(C)(C)C)c1. The number of phenolic OH excluding ortho intramolecular Hbond substituents is 1. The lowest BCUT2D eigenvalue weighted by molar-refractivity contribution is 0.477. The molecule has 5 heteroatoms. The average Bonchev–Trinajstić information content (AvgIpc) is 3.68. The summed E-state index contributed by atoms with van der Waals surface area (Å²) in [6.45, 7) is 13.5. The van der Waals surface area contributed by atoms with Gasteiger partial charge >= 0.3 is 0 Å². The molecule has 0 amide bonds. The molecule has 3 heterocycles. The number of para-hydroxylation sites is 4. The molecule has 10 rings (SSSR count). The van der Waals surface area contributed by atoms with E-state index >= 15 is 0 Å². The van der Waals surface area contributed by atoms with E-state index in [4.69, 9.17) is 9.97 Å². The summed E-state index contributed by atoms with van der Waals surface area (Å²) in [5.41, 5.74) is 16.6. The fraction of sp³-hybridized carbons (Fsp3) is 0.131. The zero-order chi connectivity index (χ0) is 45.7. The van der Waals surface area contributed by atoms with Crippen LogP contribution in [0.4, 0.5) is 0 Å². The summed E-state index contributed by atoms with van der Waals surface area (Å²) in [6.07, 6.45) is 1.89. The van der Waals surface area contributed by atoms with Crippen LogP contribution in [-0.2, 0) is 10.8 Å². The maximum Gasteiger partial charge on any atom is 0.124 e. The van der Waals surface area contributed by atoms with Gasteiger partial charge in [0.2, 0.25) is 0 Å². The van der Waals surface area contributed by atoms with Gasteiger partial charge < -0.3 is 9.67 Å². The monoisotopic (exact) mass is 854 g/mol. The Morgan fingerprint density at radius 1 is 0.470 bits per heavy atom. The number of hydrogen-bond donors (Lipinski definition) is 1.